The van der Waals surface area contributed by atoms with Gasteiger partial charge in [0.1, 0.15) is 23.7 Å². The molecule has 12 heteroatoms. The van der Waals surface area contributed by atoms with Crippen molar-refractivity contribution in [1.82, 2.24) is 34.5 Å². The van der Waals surface area contributed by atoms with Gasteiger partial charge in [-0.15, -0.1) is 10.2 Å². The van der Waals surface area contributed by atoms with Gasteiger partial charge in [0.05, 0.1) is 25.2 Å². The van der Waals surface area contributed by atoms with Gasteiger partial charge in [0.2, 0.25) is 11.8 Å². The topological polar surface area (TPSA) is 85.4 Å². The van der Waals surface area contributed by atoms with Gasteiger partial charge in [0.15, 0.2) is 0 Å². The van der Waals surface area contributed by atoms with E-state index in [1.165, 1.54) is 7.11 Å². The fourth-order valence-electron chi connectivity index (χ4n) is 4.21. The second kappa shape index (κ2) is 7.87. The molecule has 3 aromatic heterocycles. The van der Waals surface area contributed by atoms with Crippen LogP contribution in [-0.2, 0) is 0 Å². The molecule has 33 heavy (non-hydrogen) atoms. The number of methoxy groups -OCH3 is 1. The number of nitrogens with one attached hydrogen (secondary N) is 1. The zero-order chi connectivity index (χ0) is 23.3. The summed E-state index contributed by atoms with van der Waals surface area (Å²) in [5.74, 6) is -2.60. The van der Waals surface area contributed by atoms with Gasteiger partial charge in [-0.25, -0.2) is 22.4 Å². The first kappa shape index (κ1) is 21.4. The normalized spacial score (nSPS) is 19.4. The molecule has 0 unspecified atom stereocenters. The molecule has 1 N–H and O–H groups in total. The Balaban J connectivity index is 1.55. The molecule has 0 bridgehead atoms. The molecule has 1 aromatic carbocycles. The third-order valence-corrected chi connectivity index (χ3v) is 5.88. The van der Waals surface area contributed by atoms with Crippen LogP contribution >= 0.6 is 0 Å². The van der Waals surface area contributed by atoms with E-state index in [1.807, 2.05) is 24.3 Å². The molecule has 4 heterocycles. The van der Waals surface area contributed by atoms with E-state index in [0.717, 1.165) is 11.1 Å². The van der Waals surface area contributed by atoms with Crippen molar-refractivity contribution >= 4 is 22.5 Å². The maximum Gasteiger partial charge on any atom is 0.281 e. The van der Waals surface area contributed by atoms with Crippen molar-refractivity contribution in [2.24, 2.45) is 0 Å². The second-order valence-corrected chi connectivity index (χ2v) is 8.36. The minimum Gasteiger partial charge on any atom is -0.479 e. The van der Waals surface area contributed by atoms with E-state index >= 15 is 0 Å². The second-order valence-electron chi connectivity index (χ2n) is 8.36. The Kier molecular flexibility index (Phi) is 5.11. The molecule has 4 aromatic rings. The van der Waals surface area contributed by atoms with Crippen LogP contribution in [0.4, 0.5) is 19.1 Å². The lowest BCUT2D eigenvalue weighted by molar-refractivity contribution is 0.00583. The number of ether oxygens (including phenoxy) is 1. The van der Waals surface area contributed by atoms with E-state index in [4.69, 9.17) is 4.74 Å². The molecule has 174 valence electrons. The number of hydrogen-bond acceptors (Lipinski definition) is 7. The molecule has 5 rings (SSSR count). The molecule has 0 radical (unpaired) electrons. The highest BCUT2D eigenvalue weighted by atomic mass is 19.3. The Morgan fingerprint density at radius 1 is 1.30 bits per heavy atom. The van der Waals surface area contributed by atoms with Gasteiger partial charge >= 0.3 is 0 Å². The number of benzene rings is 1. The van der Waals surface area contributed by atoms with Crippen LogP contribution in [0.25, 0.3) is 27.7 Å². The zero-order valence-corrected chi connectivity index (χ0v) is 18.3. The summed E-state index contributed by atoms with van der Waals surface area (Å²) in [6.07, 6.45) is 1.71. The number of anilines is 1. The van der Waals surface area contributed by atoms with Gasteiger partial charge in [0, 0.05) is 18.3 Å². The highest BCUT2D eigenvalue weighted by Crippen LogP contribution is 2.34. The first-order valence-electron chi connectivity index (χ1n) is 10.5. The fourth-order valence-corrected chi connectivity index (χ4v) is 4.21. The lowest BCUT2D eigenvalue weighted by atomic mass is 10.1. The van der Waals surface area contributed by atoms with Gasteiger partial charge in [0.25, 0.3) is 5.92 Å². The number of likely N-dealkylation sites (N-methyl/N-ethyl adjacent to an activating group) is 1. The molecule has 1 aliphatic rings. The summed E-state index contributed by atoms with van der Waals surface area (Å²) in [5.41, 5.74) is 3.51. The maximum atomic E-state index is 14.2. The van der Waals surface area contributed by atoms with Crippen LogP contribution in [0.15, 0.2) is 30.5 Å². The predicted molar refractivity (Wildman–Crippen MR) is 117 cm³/mol. The van der Waals surface area contributed by atoms with E-state index in [0.29, 0.717) is 16.6 Å². The van der Waals surface area contributed by atoms with Gasteiger partial charge in [-0.2, -0.15) is 4.98 Å². The molecule has 1 fully saturated rings. The molecule has 0 spiro atoms. The van der Waals surface area contributed by atoms with Gasteiger partial charge < -0.3 is 10.1 Å². The van der Waals surface area contributed by atoms with Crippen molar-refractivity contribution in [3.63, 3.8) is 0 Å². The van der Waals surface area contributed by atoms with Crippen LogP contribution in [0.2, 0.25) is 0 Å². The molecule has 0 amide bonds. The summed E-state index contributed by atoms with van der Waals surface area (Å²) >= 11 is 0. The maximum absolute atomic E-state index is 14.2. The van der Waals surface area contributed by atoms with Gasteiger partial charge in [-0.05, 0) is 37.7 Å². The highest BCUT2D eigenvalue weighted by molar-refractivity contribution is 5.89. The van der Waals surface area contributed by atoms with Crippen LogP contribution in [0.5, 0.6) is 5.88 Å². The standard InChI is InChI=1S/C21H23F3N8O/c1-12(9-22)32-16-8-13(4-5-15(16)27-29-32)14-6-7-31-18(14)19(33-3)26-20(28-31)25-17-10-30(2)11-21(17,23)24/h4-8,12,17H,9-11H2,1-3H3,(H,25,28)/t12-,17-/m1/s1. The lowest BCUT2D eigenvalue weighted by Crippen LogP contribution is -2.38. The third-order valence-electron chi connectivity index (χ3n) is 5.88. The smallest absolute Gasteiger partial charge is 0.281 e. The first-order valence-corrected chi connectivity index (χ1v) is 10.5. The van der Waals surface area contributed by atoms with E-state index in [1.54, 1.807) is 34.3 Å². The fraction of sp³-hybridized carbons (Fsp3) is 0.429. The summed E-state index contributed by atoms with van der Waals surface area (Å²) in [6.45, 7) is 1.01. The van der Waals surface area contributed by atoms with Crippen LogP contribution in [0.1, 0.15) is 13.0 Å². The quantitative estimate of drug-likeness (QED) is 0.473. The van der Waals surface area contributed by atoms with Gasteiger partial charge in [-0.1, -0.05) is 11.3 Å². The number of likely N-dealkylation sites (tertiary alicyclic amines) is 1. The van der Waals surface area contributed by atoms with Crippen LogP contribution in [0.3, 0.4) is 0 Å². The van der Waals surface area contributed by atoms with E-state index in [2.05, 4.69) is 25.7 Å². The summed E-state index contributed by atoms with van der Waals surface area (Å²) < 4.78 is 50.3. The van der Waals surface area contributed by atoms with Crippen molar-refractivity contribution in [3.05, 3.63) is 30.5 Å². The van der Waals surface area contributed by atoms with E-state index in [9.17, 15) is 13.2 Å². The molecule has 9 nitrogen and oxygen atoms in total. The Labute approximate surface area is 187 Å². The number of fused-ring (bicyclic) bond motifs is 2. The highest BCUT2D eigenvalue weighted by Gasteiger charge is 2.47. The predicted octanol–water partition coefficient (Wildman–Crippen LogP) is 3.04. The number of rotatable bonds is 6. The van der Waals surface area contributed by atoms with Crippen LogP contribution in [0, 0.1) is 0 Å². The number of nitrogens with zero attached hydrogens (tertiary/aromatic N) is 7. The molecular weight excluding hydrogens is 437 g/mol. The average Bonchev–Trinajstić information content (AvgIpc) is 3.47. The number of hydrogen-bond donors (Lipinski definition) is 1. The Morgan fingerprint density at radius 3 is 2.82 bits per heavy atom. The summed E-state index contributed by atoms with van der Waals surface area (Å²) in [6, 6.07) is 5.84. The Morgan fingerprint density at radius 2 is 2.12 bits per heavy atom. The zero-order valence-electron chi connectivity index (χ0n) is 18.3. The van der Waals surface area contributed by atoms with Crippen molar-refractivity contribution in [2.75, 3.05) is 39.2 Å². The minimum absolute atomic E-state index is 0.0518. The van der Waals surface area contributed by atoms with E-state index in [-0.39, 0.29) is 24.9 Å². The number of alkyl halides is 3. The summed E-state index contributed by atoms with van der Waals surface area (Å²) in [7, 11) is 3.11. The molecule has 0 aliphatic carbocycles. The summed E-state index contributed by atoms with van der Waals surface area (Å²) in [4.78, 5) is 5.90. The first-order chi connectivity index (χ1) is 15.8. The van der Waals surface area contributed by atoms with Crippen molar-refractivity contribution in [3.8, 4) is 17.0 Å². The molecule has 0 saturated carbocycles. The number of halogens is 3. The summed E-state index contributed by atoms with van der Waals surface area (Å²) in [5, 5.41) is 15.3. The molecule has 1 saturated heterocycles. The SMILES string of the molecule is COc1nc(N[C@@H]2CN(C)CC2(F)F)nn2ccc(-c3ccc4nnn([C@H](C)CF)c4c3)c12. The third kappa shape index (κ3) is 3.63. The Bertz CT molecular complexity index is 1320. The van der Waals surface area contributed by atoms with Gasteiger partial charge in [-0.3, -0.25) is 4.90 Å². The molecule has 1 aliphatic heterocycles. The van der Waals surface area contributed by atoms with Crippen molar-refractivity contribution in [1.29, 1.82) is 0 Å². The Hall–Kier alpha value is -3.41. The molecule has 2 atom stereocenters. The minimum atomic E-state index is -2.90. The molecular formula is C21H23F3N8O. The van der Waals surface area contributed by atoms with Crippen LogP contribution < -0.4 is 10.1 Å². The monoisotopic (exact) mass is 460 g/mol. The lowest BCUT2D eigenvalue weighted by Gasteiger charge is -2.19. The van der Waals surface area contributed by atoms with Crippen molar-refractivity contribution in [2.45, 2.75) is 24.9 Å². The van der Waals surface area contributed by atoms with Crippen LogP contribution in [-0.4, -0.2) is 80.4 Å². The largest absolute Gasteiger partial charge is 0.479 e. The average molecular weight is 460 g/mol. The van der Waals surface area contributed by atoms with Crippen molar-refractivity contribution < 1.29 is 17.9 Å². The van der Waals surface area contributed by atoms with E-state index < -0.39 is 24.7 Å². The number of aromatic nitrogens is 6.